The molecule has 3 rings (SSSR count). The molecule has 134 valence electrons. The fraction of sp³-hybridized carbons (Fsp3) is 0.500. The molecular formula is C18H24N4O2S. The van der Waals surface area contributed by atoms with Crippen LogP contribution >= 0.6 is 11.3 Å². The summed E-state index contributed by atoms with van der Waals surface area (Å²) in [5, 5.41) is 25.0. The van der Waals surface area contributed by atoms with Crippen LogP contribution in [0.3, 0.4) is 0 Å². The Bertz CT molecular complexity index is 727. The zero-order valence-corrected chi connectivity index (χ0v) is 15.4. The van der Waals surface area contributed by atoms with Gasteiger partial charge in [0, 0.05) is 12.1 Å². The van der Waals surface area contributed by atoms with E-state index in [1.807, 2.05) is 38.1 Å². The normalized spacial score (nSPS) is 16.4. The highest BCUT2D eigenvalue weighted by Gasteiger charge is 2.40. The van der Waals surface area contributed by atoms with E-state index in [0.717, 1.165) is 23.4 Å². The number of hydrogen-bond acceptors (Lipinski definition) is 6. The van der Waals surface area contributed by atoms with Gasteiger partial charge in [0.05, 0.1) is 13.2 Å². The van der Waals surface area contributed by atoms with Crippen LogP contribution < -0.4 is 10.6 Å². The van der Waals surface area contributed by atoms with Gasteiger partial charge in [-0.15, -0.1) is 10.2 Å². The molecule has 7 heteroatoms. The summed E-state index contributed by atoms with van der Waals surface area (Å²) in [7, 11) is 0. The number of aliphatic hydroxyl groups excluding tert-OH is 1. The van der Waals surface area contributed by atoms with Crippen LogP contribution in [0, 0.1) is 12.8 Å². The first-order valence-electron chi connectivity index (χ1n) is 8.52. The molecule has 0 spiro atoms. The van der Waals surface area contributed by atoms with Crippen molar-refractivity contribution in [1.82, 2.24) is 20.8 Å². The Hall–Kier alpha value is -1.83. The fourth-order valence-electron chi connectivity index (χ4n) is 2.71. The fourth-order valence-corrected chi connectivity index (χ4v) is 3.40. The first-order chi connectivity index (χ1) is 12.0. The van der Waals surface area contributed by atoms with Crippen LogP contribution in [0.1, 0.15) is 45.7 Å². The van der Waals surface area contributed by atoms with Crippen LogP contribution in [0.2, 0.25) is 0 Å². The second-order valence-electron chi connectivity index (χ2n) is 6.87. The van der Waals surface area contributed by atoms with E-state index in [1.54, 1.807) is 0 Å². The van der Waals surface area contributed by atoms with E-state index in [4.69, 9.17) is 0 Å². The summed E-state index contributed by atoms with van der Waals surface area (Å²) in [5.41, 5.74) is 1.96. The monoisotopic (exact) mass is 360 g/mol. The summed E-state index contributed by atoms with van der Waals surface area (Å²) in [6, 6.07) is 8.04. The van der Waals surface area contributed by atoms with Gasteiger partial charge in [-0.2, -0.15) is 0 Å². The number of benzene rings is 1. The van der Waals surface area contributed by atoms with Crippen LogP contribution in [0.15, 0.2) is 24.3 Å². The maximum atomic E-state index is 12.2. The predicted octanol–water partition coefficient (Wildman–Crippen LogP) is 2.03. The zero-order valence-electron chi connectivity index (χ0n) is 14.6. The smallest absolute Gasteiger partial charge is 0.282 e. The third kappa shape index (κ3) is 4.62. The van der Waals surface area contributed by atoms with Gasteiger partial charge < -0.3 is 15.7 Å². The molecule has 1 unspecified atom stereocenters. The van der Waals surface area contributed by atoms with Crippen molar-refractivity contribution in [2.75, 3.05) is 6.61 Å². The topological polar surface area (TPSA) is 87.1 Å². The maximum absolute atomic E-state index is 12.2. The number of nitrogens with zero attached hydrogens (tertiary/aromatic N) is 2. The molecule has 0 bridgehead atoms. The van der Waals surface area contributed by atoms with Crippen LogP contribution in [-0.2, 0) is 13.1 Å². The van der Waals surface area contributed by atoms with E-state index >= 15 is 0 Å². The summed E-state index contributed by atoms with van der Waals surface area (Å²) in [6.07, 6.45) is 2.29. The highest BCUT2D eigenvalue weighted by Crippen LogP contribution is 2.39. The van der Waals surface area contributed by atoms with Gasteiger partial charge in [0.25, 0.3) is 5.91 Å². The molecule has 3 N–H and O–H groups in total. The van der Waals surface area contributed by atoms with E-state index < -0.39 is 0 Å². The Morgan fingerprint density at radius 3 is 2.64 bits per heavy atom. The van der Waals surface area contributed by atoms with Crippen molar-refractivity contribution in [3.8, 4) is 0 Å². The molecule has 1 aromatic heterocycles. The number of carbonyl (C=O) groups excluding carboxylic acids is 1. The zero-order chi connectivity index (χ0) is 17.9. The van der Waals surface area contributed by atoms with Gasteiger partial charge in [-0.3, -0.25) is 4.79 Å². The molecule has 1 fully saturated rings. The Kier molecular flexibility index (Phi) is 5.46. The van der Waals surface area contributed by atoms with Gasteiger partial charge in [-0.1, -0.05) is 41.2 Å². The Morgan fingerprint density at radius 1 is 1.28 bits per heavy atom. The van der Waals surface area contributed by atoms with Gasteiger partial charge in [0.2, 0.25) is 5.01 Å². The Balaban J connectivity index is 1.51. The van der Waals surface area contributed by atoms with Crippen molar-refractivity contribution in [2.45, 2.75) is 45.3 Å². The van der Waals surface area contributed by atoms with Gasteiger partial charge in [-0.05, 0) is 38.2 Å². The van der Waals surface area contributed by atoms with Gasteiger partial charge in [-0.25, -0.2) is 0 Å². The van der Waals surface area contributed by atoms with E-state index in [1.165, 1.54) is 16.9 Å². The lowest BCUT2D eigenvalue weighted by atomic mass is 9.97. The SMILES string of the molecule is Cc1ccc(CNC(=O)c2nnc(CNC(C)(CO)C3CC3)s2)cc1. The molecule has 25 heavy (non-hydrogen) atoms. The third-order valence-corrected chi connectivity index (χ3v) is 5.61. The van der Waals surface area contributed by atoms with Crippen LogP contribution in [0.25, 0.3) is 0 Å². The van der Waals surface area contributed by atoms with E-state index in [9.17, 15) is 9.90 Å². The molecule has 1 atom stereocenters. The number of carbonyl (C=O) groups is 1. The minimum absolute atomic E-state index is 0.0976. The third-order valence-electron chi connectivity index (χ3n) is 4.69. The summed E-state index contributed by atoms with van der Waals surface area (Å²) in [5.74, 6) is 0.305. The van der Waals surface area contributed by atoms with E-state index in [-0.39, 0.29) is 18.1 Å². The minimum Gasteiger partial charge on any atom is -0.394 e. The second kappa shape index (κ2) is 7.59. The number of aromatic nitrogens is 2. The molecule has 1 amide bonds. The highest BCUT2D eigenvalue weighted by atomic mass is 32.1. The number of aliphatic hydroxyl groups is 1. The van der Waals surface area contributed by atoms with Crippen LogP contribution in [0.5, 0.6) is 0 Å². The van der Waals surface area contributed by atoms with Crippen molar-refractivity contribution in [3.63, 3.8) is 0 Å². The van der Waals surface area contributed by atoms with Crippen molar-refractivity contribution in [2.24, 2.45) is 5.92 Å². The largest absolute Gasteiger partial charge is 0.394 e. The molecule has 1 heterocycles. The summed E-state index contributed by atoms with van der Waals surface area (Å²) in [4.78, 5) is 12.2. The lowest BCUT2D eigenvalue weighted by Crippen LogP contribution is -2.47. The molecule has 1 saturated carbocycles. The van der Waals surface area contributed by atoms with E-state index in [0.29, 0.717) is 24.0 Å². The summed E-state index contributed by atoms with van der Waals surface area (Å²) in [6.45, 7) is 5.14. The van der Waals surface area contributed by atoms with Gasteiger partial charge in [0.1, 0.15) is 5.01 Å². The second-order valence-corrected chi connectivity index (χ2v) is 7.93. The van der Waals surface area contributed by atoms with Crippen molar-refractivity contribution in [3.05, 3.63) is 45.4 Å². The minimum atomic E-state index is -0.278. The molecule has 2 aromatic rings. The van der Waals surface area contributed by atoms with Gasteiger partial charge >= 0.3 is 0 Å². The van der Waals surface area contributed by atoms with Crippen molar-refractivity contribution < 1.29 is 9.90 Å². The Labute approximate surface area is 151 Å². The molecule has 0 aliphatic heterocycles. The predicted molar refractivity (Wildman–Crippen MR) is 97.3 cm³/mol. The molecule has 1 aliphatic carbocycles. The molecule has 0 saturated heterocycles. The lowest BCUT2D eigenvalue weighted by molar-refractivity contribution is 0.0950. The highest BCUT2D eigenvalue weighted by molar-refractivity contribution is 7.13. The molecule has 1 aliphatic rings. The Morgan fingerprint density at radius 2 is 2.00 bits per heavy atom. The summed E-state index contributed by atoms with van der Waals surface area (Å²) < 4.78 is 0. The first-order valence-corrected chi connectivity index (χ1v) is 9.34. The average molecular weight is 360 g/mol. The average Bonchev–Trinajstić information content (AvgIpc) is 3.38. The number of amides is 1. The molecule has 1 aromatic carbocycles. The van der Waals surface area contributed by atoms with Crippen molar-refractivity contribution in [1.29, 1.82) is 0 Å². The quantitative estimate of drug-likeness (QED) is 0.670. The lowest BCUT2D eigenvalue weighted by Gasteiger charge is -2.28. The maximum Gasteiger partial charge on any atom is 0.282 e. The number of aryl methyl sites for hydroxylation is 1. The number of hydrogen-bond donors (Lipinski definition) is 3. The van der Waals surface area contributed by atoms with Crippen LogP contribution in [0.4, 0.5) is 0 Å². The number of nitrogens with one attached hydrogen (secondary N) is 2. The van der Waals surface area contributed by atoms with Gasteiger partial charge in [0.15, 0.2) is 0 Å². The number of rotatable bonds is 8. The molecule has 6 nitrogen and oxygen atoms in total. The van der Waals surface area contributed by atoms with E-state index in [2.05, 4.69) is 20.8 Å². The first kappa shape index (κ1) is 18.0. The standard InChI is InChI=1S/C18H24N4O2S/c1-12-3-5-13(6-4-12)9-19-16(24)17-22-21-15(25-17)10-20-18(2,11-23)14-7-8-14/h3-6,14,20,23H,7-11H2,1-2H3,(H,19,24). The molecular weight excluding hydrogens is 336 g/mol. The van der Waals surface area contributed by atoms with Crippen LogP contribution in [-0.4, -0.2) is 33.4 Å². The van der Waals surface area contributed by atoms with Crippen molar-refractivity contribution >= 4 is 17.2 Å². The summed E-state index contributed by atoms with van der Waals surface area (Å²) >= 11 is 1.28. The molecule has 0 radical (unpaired) electrons.